The number of hydrogen-bond donors (Lipinski definition) is 1. The molecule has 0 atom stereocenters. The highest BCUT2D eigenvalue weighted by Gasteiger charge is 2.14. The van der Waals surface area contributed by atoms with Crippen molar-refractivity contribution in [1.29, 1.82) is 0 Å². The topological polar surface area (TPSA) is 68.7 Å². The third-order valence-electron chi connectivity index (χ3n) is 4.04. The quantitative estimate of drug-likeness (QED) is 0.347. The van der Waals surface area contributed by atoms with Crippen LogP contribution in [0.3, 0.4) is 0 Å². The number of aromatic hydroxyl groups is 1. The molecule has 1 aromatic carbocycles. The number of hydrogen-bond acceptors (Lipinski definition) is 5. The minimum Gasteiger partial charge on any atom is -0.506 e. The predicted molar refractivity (Wildman–Crippen MR) is 115 cm³/mol. The molecule has 0 aliphatic heterocycles. The maximum Gasteiger partial charge on any atom is 0.331 e. The molecule has 2 aromatic rings. The largest absolute Gasteiger partial charge is 0.506 e. The molecule has 2 rings (SSSR count). The van der Waals surface area contributed by atoms with E-state index in [1.807, 2.05) is 19.9 Å². The molecule has 0 unspecified atom stereocenters. The summed E-state index contributed by atoms with van der Waals surface area (Å²) in [4.78, 5) is 16.0. The molecular weight excluding hydrogens is 394 g/mol. The lowest BCUT2D eigenvalue weighted by Gasteiger charge is -2.15. The number of aryl methyl sites for hydroxylation is 1. The lowest BCUT2D eigenvalue weighted by atomic mass is 10.0. The van der Waals surface area contributed by atoms with Crippen LogP contribution in [0.1, 0.15) is 18.1 Å². The normalized spacial score (nSPS) is 12.0. The molecule has 1 aromatic heterocycles. The van der Waals surface area contributed by atoms with Gasteiger partial charge >= 0.3 is 5.97 Å². The van der Waals surface area contributed by atoms with Gasteiger partial charge in [-0.2, -0.15) is 0 Å². The molecule has 0 aliphatic carbocycles. The minimum atomic E-state index is -1.23. The molecule has 150 valence electrons. The Bertz CT molecular complexity index is 850. The number of carbonyl (C=O) groups excluding carboxylic acids is 1. The van der Waals surface area contributed by atoms with Crippen LogP contribution in [0.5, 0.6) is 17.4 Å². The van der Waals surface area contributed by atoms with Crippen LogP contribution in [0.4, 0.5) is 0 Å². The van der Waals surface area contributed by atoms with Crippen LogP contribution in [0, 0.1) is 6.92 Å². The van der Waals surface area contributed by atoms with Crippen molar-refractivity contribution in [2.24, 2.45) is 0 Å². The second kappa shape index (κ2) is 9.25. The van der Waals surface area contributed by atoms with Crippen LogP contribution in [-0.2, 0) is 9.53 Å². The molecule has 0 bridgehead atoms. The Morgan fingerprint density at radius 3 is 2.57 bits per heavy atom. The molecule has 1 N–H and O–H groups in total. The summed E-state index contributed by atoms with van der Waals surface area (Å²) >= 11 is 6.39. The molecule has 0 radical (unpaired) electrons. The van der Waals surface area contributed by atoms with E-state index in [2.05, 4.69) is 24.6 Å². The van der Waals surface area contributed by atoms with Gasteiger partial charge in [0.25, 0.3) is 0 Å². The van der Waals surface area contributed by atoms with Gasteiger partial charge < -0.3 is 14.6 Å². The van der Waals surface area contributed by atoms with Gasteiger partial charge in [0.05, 0.1) is 17.8 Å². The third kappa shape index (κ3) is 6.69. The lowest BCUT2D eigenvalue weighted by molar-refractivity contribution is -0.137. The number of esters is 1. The fraction of sp³-hybridized carbons (Fsp3) is 0.333. The van der Waals surface area contributed by atoms with Crippen molar-refractivity contribution in [2.45, 2.75) is 39.5 Å². The minimum absolute atomic E-state index is 0.0583. The lowest BCUT2D eigenvalue weighted by Crippen LogP contribution is -2.22. The molecular formula is C21H26ClNO4Si. The van der Waals surface area contributed by atoms with Crippen molar-refractivity contribution >= 4 is 31.2 Å². The van der Waals surface area contributed by atoms with E-state index in [9.17, 15) is 9.90 Å². The molecule has 0 spiro atoms. The van der Waals surface area contributed by atoms with Gasteiger partial charge in [0.1, 0.15) is 5.75 Å². The average molecular weight is 420 g/mol. The van der Waals surface area contributed by atoms with Crippen LogP contribution >= 0.6 is 11.6 Å². The Kier molecular flexibility index (Phi) is 7.27. The van der Waals surface area contributed by atoms with Gasteiger partial charge in [-0.1, -0.05) is 31.2 Å². The van der Waals surface area contributed by atoms with Crippen molar-refractivity contribution in [3.63, 3.8) is 0 Å². The first-order valence-electron chi connectivity index (χ1n) is 9.03. The number of nitrogens with zero attached hydrogens (tertiary/aromatic N) is 1. The number of pyridine rings is 1. The maximum absolute atomic E-state index is 12.0. The number of benzene rings is 1. The van der Waals surface area contributed by atoms with Gasteiger partial charge in [-0.15, -0.1) is 0 Å². The molecule has 0 amide bonds. The van der Waals surface area contributed by atoms with Crippen LogP contribution in [0.25, 0.3) is 5.57 Å². The molecule has 0 saturated heterocycles. The maximum atomic E-state index is 12.0. The number of aromatic nitrogens is 1. The standard InChI is InChI=1S/C21H26ClNO4Si/c1-14(11-20(25)26-8-9-28(3,4)5)16-10-15(2)21(18(22)12-16)27-19-7-6-17(24)13-23-19/h6-7,10-13,24H,8-9H2,1-5H3. The third-order valence-corrected chi connectivity index (χ3v) is 6.03. The molecule has 5 nitrogen and oxygen atoms in total. The second-order valence-corrected chi connectivity index (χ2v) is 13.9. The summed E-state index contributed by atoms with van der Waals surface area (Å²) in [6.45, 7) is 10.9. The zero-order chi connectivity index (χ0) is 20.9. The van der Waals surface area contributed by atoms with Crippen LogP contribution in [-0.4, -0.2) is 30.7 Å². The smallest absolute Gasteiger partial charge is 0.331 e. The SMILES string of the molecule is CC(=CC(=O)OCC[Si](C)(C)C)c1cc(C)c(Oc2ccc(O)cn2)c(Cl)c1. The number of allylic oxidation sites excluding steroid dienone is 1. The summed E-state index contributed by atoms with van der Waals surface area (Å²) in [6.07, 6.45) is 2.78. The number of carbonyl (C=O) groups is 1. The second-order valence-electron chi connectivity index (χ2n) is 7.87. The highest BCUT2D eigenvalue weighted by atomic mass is 35.5. The summed E-state index contributed by atoms with van der Waals surface area (Å²) in [5.74, 6) is 0.518. The van der Waals surface area contributed by atoms with E-state index in [0.717, 1.165) is 22.7 Å². The van der Waals surface area contributed by atoms with Gasteiger partial charge in [-0.05, 0) is 54.8 Å². The van der Waals surface area contributed by atoms with Crippen molar-refractivity contribution in [1.82, 2.24) is 4.98 Å². The Morgan fingerprint density at radius 1 is 1.29 bits per heavy atom. The fourth-order valence-electron chi connectivity index (χ4n) is 2.38. The van der Waals surface area contributed by atoms with E-state index in [0.29, 0.717) is 23.3 Å². The highest BCUT2D eigenvalue weighted by molar-refractivity contribution is 6.76. The first kappa shape index (κ1) is 22.0. The van der Waals surface area contributed by atoms with Gasteiger partial charge in [-0.25, -0.2) is 9.78 Å². The summed E-state index contributed by atoms with van der Waals surface area (Å²) in [6, 6.07) is 7.61. The summed E-state index contributed by atoms with van der Waals surface area (Å²) < 4.78 is 11.1. The van der Waals surface area contributed by atoms with Gasteiger partial charge in [0, 0.05) is 20.2 Å². The molecule has 28 heavy (non-hydrogen) atoms. The molecule has 0 fully saturated rings. The fourth-order valence-corrected chi connectivity index (χ4v) is 3.40. The Hall–Kier alpha value is -2.31. The van der Waals surface area contributed by atoms with E-state index < -0.39 is 8.07 Å². The number of ether oxygens (including phenoxy) is 2. The molecule has 7 heteroatoms. The monoisotopic (exact) mass is 419 g/mol. The van der Waals surface area contributed by atoms with E-state index >= 15 is 0 Å². The predicted octanol–water partition coefficient (Wildman–Crippen LogP) is 5.83. The van der Waals surface area contributed by atoms with Gasteiger partial charge in [0.2, 0.25) is 5.88 Å². The van der Waals surface area contributed by atoms with Crippen molar-refractivity contribution in [3.05, 3.63) is 52.7 Å². The summed E-state index contributed by atoms with van der Waals surface area (Å²) in [7, 11) is -1.23. The van der Waals surface area contributed by atoms with Gasteiger partial charge in [-0.3, -0.25) is 0 Å². The van der Waals surface area contributed by atoms with E-state index in [1.54, 1.807) is 12.1 Å². The van der Waals surface area contributed by atoms with E-state index in [1.165, 1.54) is 18.3 Å². The van der Waals surface area contributed by atoms with Crippen molar-refractivity contribution < 1.29 is 19.4 Å². The Labute approximate surface area is 172 Å². The first-order chi connectivity index (χ1) is 13.0. The van der Waals surface area contributed by atoms with E-state index in [-0.39, 0.29) is 11.7 Å². The summed E-state index contributed by atoms with van der Waals surface area (Å²) in [5.41, 5.74) is 2.38. The zero-order valence-corrected chi connectivity index (χ0v) is 18.6. The van der Waals surface area contributed by atoms with Crippen LogP contribution in [0.2, 0.25) is 30.7 Å². The van der Waals surface area contributed by atoms with Gasteiger partial charge in [0.15, 0.2) is 5.75 Å². The first-order valence-corrected chi connectivity index (χ1v) is 13.1. The van der Waals surface area contributed by atoms with E-state index in [4.69, 9.17) is 21.1 Å². The van der Waals surface area contributed by atoms with Crippen molar-refractivity contribution in [3.8, 4) is 17.4 Å². The Morgan fingerprint density at radius 2 is 2.00 bits per heavy atom. The zero-order valence-electron chi connectivity index (χ0n) is 16.9. The Balaban J connectivity index is 2.11. The molecule has 0 aliphatic rings. The molecule has 0 saturated carbocycles. The number of rotatable bonds is 7. The summed E-state index contributed by atoms with van der Waals surface area (Å²) in [5, 5.41) is 9.72. The molecule has 1 heterocycles. The average Bonchev–Trinajstić information content (AvgIpc) is 2.58. The van der Waals surface area contributed by atoms with Crippen LogP contribution in [0.15, 0.2) is 36.5 Å². The van der Waals surface area contributed by atoms with Crippen LogP contribution < -0.4 is 4.74 Å². The van der Waals surface area contributed by atoms with Crippen molar-refractivity contribution in [2.75, 3.05) is 6.61 Å². The highest BCUT2D eigenvalue weighted by Crippen LogP contribution is 2.35. The number of halogens is 1.